The molecule has 0 aliphatic carbocycles. The van der Waals surface area contributed by atoms with E-state index in [1.54, 1.807) is 11.4 Å². The van der Waals surface area contributed by atoms with Crippen LogP contribution in [0.3, 0.4) is 0 Å². The molecule has 0 fully saturated rings. The van der Waals surface area contributed by atoms with Gasteiger partial charge in [-0.2, -0.15) is 10.1 Å². The Labute approximate surface area is 168 Å². The predicted octanol–water partition coefficient (Wildman–Crippen LogP) is 1.52. The van der Waals surface area contributed by atoms with Crippen LogP contribution in [0.4, 0.5) is 0 Å². The van der Waals surface area contributed by atoms with E-state index in [1.807, 2.05) is 45.9 Å². The van der Waals surface area contributed by atoms with Gasteiger partial charge in [-0.15, -0.1) is 0 Å². The minimum Gasteiger partial charge on any atom is -0.481 e. The van der Waals surface area contributed by atoms with Crippen LogP contribution in [0.1, 0.15) is 35.0 Å². The standard InChI is InChI=1S/C20H24N6O3/c1-11-7-6-8-17(12(11)2)29-15(5)19(28)25-24-18(27)9-16-13(3)23-20-21-10-22-26(20)14(16)4/h6-8,10,15H,9H2,1-5H3,(H,24,27)(H,25,28)/t15-/m0/s1. The molecule has 2 N–H and O–H groups in total. The van der Waals surface area contributed by atoms with Crippen LogP contribution in [0, 0.1) is 27.7 Å². The third-order valence-electron chi connectivity index (χ3n) is 4.88. The van der Waals surface area contributed by atoms with Crippen molar-refractivity contribution in [3.63, 3.8) is 0 Å². The lowest BCUT2D eigenvalue weighted by Gasteiger charge is -2.17. The highest BCUT2D eigenvalue weighted by Gasteiger charge is 2.18. The molecule has 1 atom stereocenters. The molecule has 1 aromatic carbocycles. The normalized spacial score (nSPS) is 11.9. The summed E-state index contributed by atoms with van der Waals surface area (Å²) < 4.78 is 7.30. The van der Waals surface area contributed by atoms with Crippen molar-refractivity contribution in [2.24, 2.45) is 0 Å². The second-order valence-electron chi connectivity index (χ2n) is 6.91. The van der Waals surface area contributed by atoms with E-state index >= 15 is 0 Å². The van der Waals surface area contributed by atoms with Crippen molar-refractivity contribution in [1.29, 1.82) is 0 Å². The first-order chi connectivity index (χ1) is 13.8. The average Bonchev–Trinajstić information content (AvgIpc) is 3.15. The number of nitrogens with zero attached hydrogens (tertiary/aromatic N) is 4. The molecule has 2 amide bonds. The minimum atomic E-state index is -0.771. The maximum atomic E-state index is 12.3. The molecule has 0 saturated carbocycles. The van der Waals surface area contributed by atoms with E-state index in [0.717, 1.165) is 22.4 Å². The van der Waals surface area contributed by atoms with Gasteiger partial charge in [0.25, 0.3) is 11.7 Å². The van der Waals surface area contributed by atoms with Crippen LogP contribution < -0.4 is 15.6 Å². The van der Waals surface area contributed by atoms with Gasteiger partial charge < -0.3 is 4.74 Å². The van der Waals surface area contributed by atoms with Gasteiger partial charge in [0, 0.05) is 17.0 Å². The summed E-state index contributed by atoms with van der Waals surface area (Å²) in [4.78, 5) is 33.0. The highest BCUT2D eigenvalue weighted by molar-refractivity contribution is 5.85. The van der Waals surface area contributed by atoms with Crippen molar-refractivity contribution in [3.8, 4) is 5.75 Å². The largest absolute Gasteiger partial charge is 0.481 e. The van der Waals surface area contributed by atoms with Gasteiger partial charge in [0.2, 0.25) is 5.91 Å². The average molecular weight is 396 g/mol. The van der Waals surface area contributed by atoms with E-state index in [-0.39, 0.29) is 12.3 Å². The summed E-state index contributed by atoms with van der Waals surface area (Å²) in [6.45, 7) is 9.19. The Morgan fingerprint density at radius 3 is 2.69 bits per heavy atom. The summed E-state index contributed by atoms with van der Waals surface area (Å²) in [5.74, 6) is 0.301. The first kappa shape index (κ1) is 20.2. The number of nitrogens with one attached hydrogen (secondary N) is 2. The highest BCUT2D eigenvalue weighted by Crippen LogP contribution is 2.21. The second kappa shape index (κ2) is 8.26. The van der Waals surface area contributed by atoms with Gasteiger partial charge >= 0.3 is 0 Å². The van der Waals surface area contributed by atoms with Gasteiger partial charge in [0.15, 0.2) is 6.10 Å². The zero-order chi connectivity index (χ0) is 21.1. The van der Waals surface area contributed by atoms with Crippen molar-refractivity contribution < 1.29 is 14.3 Å². The number of hydrazine groups is 1. The molecule has 0 bridgehead atoms. The topological polar surface area (TPSA) is 111 Å². The van der Waals surface area contributed by atoms with Gasteiger partial charge in [-0.1, -0.05) is 12.1 Å². The number of hydrogen-bond acceptors (Lipinski definition) is 6. The number of benzene rings is 1. The first-order valence-corrected chi connectivity index (χ1v) is 9.25. The van der Waals surface area contributed by atoms with E-state index in [2.05, 4.69) is 25.9 Å². The Balaban J connectivity index is 1.59. The Hall–Kier alpha value is -3.49. The van der Waals surface area contributed by atoms with E-state index in [4.69, 9.17) is 4.74 Å². The van der Waals surface area contributed by atoms with Crippen molar-refractivity contribution >= 4 is 17.6 Å². The number of fused-ring (bicyclic) bond motifs is 1. The van der Waals surface area contributed by atoms with E-state index in [1.165, 1.54) is 6.33 Å². The van der Waals surface area contributed by atoms with Gasteiger partial charge in [0.1, 0.15) is 12.1 Å². The van der Waals surface area contributed by atoms with Crippen LogP contribution in [-0.2, 0) is 16.0 Å². The van der Waals surface area contributed by atoms with Crippen LogP contribution in [0.15, 0.2) is 24.5 Å². The maximum absolute atomic E-state index is 12.3. The van der Waals surface area contributed by atoms with Gasteiger partial charge in [0.05, 0.1) is 6.42 Å². The fraction of sp³-hybridized carbons (Fsp3) is 0.350. The number of ether oxygens (including phenoxy) is 1. The number of carbonyl (C=O) groups is 2. The Kier molecular flexibility index (Phi) is 5.76. The first-order valence-electron chi connectivity index (χ1n) is 9.25. The Morgan fingerprint density at radius 1 is 1.17 bits per heavy atom. The zero-order valence-electron chi connectivity index (χ0n) is 17.1. The molecule has 0 unspecified atom stereocenters. The van der Waals surface area contributed by atoms with E-state index in [9.17, 15) is 9.59 Å². The molecule has 152 valence electrons. The summed E-state index contributed by atoms with van der Waals surface area (Å²) in [5, 5.41) is 4.10. The fourth-order valence-corrected chi connectivity index (χ4v) is 2.94. The van der Waals surface area contributed by atoms with E-state index < -0.39 is 12.0 Å². The molecule has 3 aromatic rings. The van der Waals surface area contributed by atoms with Crippen LogP contribution in [0.25, 0.3) is 5.78 Å². The molecule has 2 heterocycles. The number of rotatable bonds is 5. The maximum Gasteiger partial charge on any atom is 0.279 e. The van der Waals surface area contributed by atoms with Crippen molar-refractivity contribution in [3.05, 3.63) is 52.6 Å². The number of aromatic nitrogens is 4. The summed E-state index contributed by atoms with van der Waals surface area (Å²) in [6, 6.07) is 5.65. The molecule has 0 aliphatic heterocycles. The van der Waals surface area contributed by atoms with Crippen molar-refractivity contribution in [2.75, 3.05) is 0 Å². The number of amides is 2. The highest BCUT2D eigenvalue weighted by atomic mass is 16.5. The van der Waals surface area contributed by atoms with Crippen LogP contribution >= 0.6 is 0 Å². The third kappa shape index (κ3) is 4.34. The summed E-state index contributed by atoms with van der Waals surface area (Å²) >= 11 is 0. The smallest absolute Gasteiger partial charge is 0.279 e. The van der Waals surface area contributed by atoms with Gasteiger partial charge in [-0.05, 0) is 51.8 Å². The molecule has 9 heteroatoms. The summed E-state index contributed by atoms with van der Waals surface area (Å²) in [7, 11) is 0. The molecule has 0 radical (unpaired) electrons. The molecule has 2 aromatic heterocycles. The summed E-state index contributed by atoms with van der Waals surface area (Å²) in [5.41, 5.74) is 9.08. The van der Waals surface area contributed by atoms with Crippen LogP contribution in [0.5, 0.6) is 5.75 Å². The predicted molar refractivity (Wildman–Crippen MR) is 106 cm³/mol. The van der Waals surface area contributed by atoms with Crippen LogP contribution in [0.2, 0.25) is 0 Å². The van der Waals surface area contributed by atoms with Gasteiger partial charge in [-0.3, -0.25) is 20.4 Å². The van der Waals surface area contributed by atoms with Crippen LogP contribution in [-0.4, -0.2) is 37.5 Å². The molecule has 0 saturated heterocycles. The lowest BCUT2D eigenvalue weighted by Crippen LogP contribution is -2.47. The molecule has 0 spiro atoms. The molecule has 29 heavy (non-hydrogen) atoms. The number of hydrogen-bond donors (Lipinski definition) is 2. The molecule has 3 rings (SSSR count). The third-order valence-corrected chi connectivity index (χ3v) is 4.88. The zero-order valence-corrected chi connectivity index (χ0v) is 17.1. The second-order valence-corrected chi connectivity index (χ2v) is 6.91. The Bertz CT molecular complexity index is 1080. The van der Waals surface area contributed by atoms with Crippen molar-refractivity contribution in [1.82, 2.24) is 30.4 Å². The minimum absolute atomic E-state index is 0.0486. The molecule has 9 nitrogen and oxygen atoms in total. The quantitative estimate of drug-likeness (QED) is 0.633. The Morgan fingerprint density at radius 2 is 1.93 bits per heavy atom. The van der Waals surface area contributed by atoms with Crippen molar-refractivity contribution in [2.45, 2.75) is 47.1 Å². The lowest BCUT2D eigenvalue weighted by atomic mass is 10.1. The lowest BCUT2D eigenvalue weighted by molar-refractivity contribution is -0.132. The number of aryl methyl sites for hydroxylation is 3. The number of carbonyl (C=O) groups excluding carboxylic acids is 2. The van der Waals surface area contributed by atoms with E-state index in [0.29, 0.717) is 17.2 Å². The SMILES string of the molecule is Cc1cccc(O[C@@H](C)C(=O)NNC(=O)Cc2c(C)nc3ncnn3c2C)c1C. The molecular formula is C20H24N6O3. The fourth-order valence-electron chi connectivity index (χ4n) is 2.94. The molecule has 0 aliphatic rings. The monoisotopic (exact) mass is 396 g/mol. The molecular weight excluding hydrogens is 372 g/mol. The summed E-state index contributed by atoms with van der Waals surface area (Å²) in [6.07, 6.45) is 0.691. The van der Waals surface area contributed by atoms with Gasteiger partial charge in [-0.25, -0.2) is 9.50 Å².